The van der Waals surface area contributed by atoms with E-state index in [9.17, 15) is 4.39 Å². The Hall–Kier alpha value is -2.47. The van der Waals surface area contributed by atoms with E-state index in [1.54, 1.807) is 6.20 Å². The van der Waals surface area contributed by atoms with Crippen LogP contribution in [0.5, 0.6) is 0 Å². The zero-order valence-electron chi connectivity index (χ0n) is 12.8. The van der Waals surface area contributed by atoms with Gasteiger partial charge in [-0.2, -0.15) is 5.10 Å². The number of benzene rings is 1. The van der Waals surface area contributed by atoms with Gasteiger partial charge in [0.05, 0.1) is 25.0 Å². The van der Waals surface area contributed by atoms with Crippen molar-refractivity contribution >= 4 is 0 Å². The van der Waals surface area contributed by atoms with Crippen LogP contribution in [-0.2, 0) is 26.2 Å². The van der Waals surface area contributed by atoms with Gasteiger partial charge in [-0.25, -0.2) is 9.37 Å². The second kappa shape index (κ2) is 5.96. The number of aromatic nitrogens is 4. The molecular weight excluding hydrogens is 293 g/mol. The summed E-state index contributed by atoms with van der Waals surface area (Å²) in [6.07, 6.45) is 5.69. The summed E-state index contributed by atoms with van der Waals surface area (Å²) in [6, 6.07) is 8.65. The summed E-state index contributed by atoms with van der Waals surface area (Å²) in [5, 5.41) is 4.25. The van der Waals surface area contributed by atoms with E-state index in [1.807, 2.05) is 35.3 Å². The third-order valence-corrected chi connectivity index (χ3v) is 4.23. The topological polar surface area (TPSA) is 38.9 Å². The van der Waals surface area contributed by atoms with Gasteiger partial charge in [0, 0.05) is 32.0 Å². The van der Waals surface area contributed by atoms with Crippen molar-refractivity contribution in [2.45, 2.75) is 26.2 Å². The molecule has 0 atom stereocenters. The van der Waals surface area contributed by atoms with Crippen LogP contribution in [0.3, 0.4) is 0 Å². The van der Waals surface area contributed by atoms with E-state index in [0.717, 1.165) is 44.1 Å². The molecule has 5 nitrogen and oxygen atoms in total. The fourth-order valence-electron chi connectivity index (χ4n) is 3.04. The van der Waals surface area contributed by atoms with E-state index in [0.29, 0.717) is 0 Å². The fraction of sp³-hybridized carbons (Fsp3) is 0.294. The number of fused-ring (bicyclic) bond motifs is 1. The van der Waals surface area contributed by atoms with Crippen LogP contribution in [0.15, 0.2) is 48.9 Å². The highest BCUT2D eigenvalue weighted by Gasteiger charge is 2.20. The summed E-state index contributed by atoms with van der Waals surface area (Å²) in [5.74, 6) is 0.895. The number of nitrogens with zero attached hydrogens (tertiary/aromatic N) is 5. The molecule has 2 aromatic heterocycles. The van der Waals surface area contributed by atoms with Gasteiger partial charge >= 0.3 is 0 Å². The Balaban J connectivity index is 1.45. The summed E-state index contributed by atoms with van der Waals surface area (Å²) >= 11 is 0. The van der Waals surface area contributed by atoms with Crippen LogP contribution in [0.2, 0.25) is 0 Å². The maximum absolute atomic E-state index is 13.0. The fourth-order valence-corrected chi connectivity index (χ4v) is 3.04. The minimum atomic E-state index is -0.189. The Morgan fingerprint density at radius 1 is 1.09 bits per heavy atom. The molecule has 3 aromatic rings. The van der Waals surface area contributed by atoms with Gasteiger partial charge < -0.3 is 4.57 Å². The average molecular weight is 311 g/mol. The van der Waals surface area contributed by atoms with Crippen molar-refractivity contribution in [1.82, 2.24) is 24.2 Å². The predicted octanol–water partition coefficient (Wildman–Crippen LogP) is 2.28. The van der Waals surface area contributed by atoms with Crippen molar-refractivity contribution in [2.24, 2.45) is 0 Å². The smallest absolute Gasteiger partial charge is 0.123 e. The number of hydrogen-bond donors (Lipinski definition) is 0. The molecule has 0 N–H and O–H groups in total. The SMILES string of the molecule is Fc1ccc(CN2CCn3c(Cn4cccn4)cnc3C2)cc1. The Labute approximate surface area is 134 Å². The predicted molar refractivity (Wildman–Crippen MR) is 84.1 cm³/mol. The lowest BCUT2D eigenvalue weighted by molar-refractivity contribution is 0.207. The first-order valence-electron chi connectivity index (χ1n) is 7.75. The van der Waals surface area contributed by atoms with E-state index >= 15 is 0 Å². The third kappa shape index (κ3) is 3.03. The number of hydrogen-bond acceptors (Lipinski definition) is 3. The molecule has 0 aliphatic carbocycles. The lowest BCUT2D eigenvalue weighted by atomic mass is 10.2. The number of rotatable bonds is 4. The maximum Gasteiger partial charge on any atom is 0.123 e. The van der Waals surface area contributed by atoms with Gasteiger partial charge in [0.1, 0.15) is 11.6 Å². The Morgan fingerprint density at radius 3 is 2.74 bits per heavy atom. The van der Waals surface area contributed by atoms with E-state index < -0.39 is 0 Å². The molecule has 1 aromatic carbocycles. The molecular formula is C17H18FN5. The number of imidazole rings is 1. The Kier molecular flexibility index (Phi) is 3.67. The van der Waals surface area contributed by atoms with E-state index in [-0.39, 0.29) is 5.82 Å². The van der Waals surface area contributed by atoms with Crippen LogP contribution in [0.4, 0.5) is 4.39 Å². The van der Waals surface area contributed by atoms with Gasteiger partial charge in [-0.15, -0.1) is 0 Å². The molecule has 1 aliphatic rings. The molecule has 3 heterocycles. The van der Waals surface area contributed by atoms with Gasteiger partial charge in [0.25, 0.3) is 0 Å². The zero-order chi connectivity index (χ0) is 15.6. The standard InChI is InChI=1S/C17H18FN5/c18-15-4-2-14(3-5-15)11-21-8-9-23-16(10-19-17(23)13-21)12-22-7-1-6-20-22/h1-7,10H,8-9,11-13H2. The molecule has 0 fully saturated rings. The first kappa shape index (κ1) is 14.1. The van der Waals surface area contributed by atoms with Crippen molar-refractivity contribution < 1.29 is 4.39 Å². The van der Waals surface area contributed by atoms with Gasteiger partial charge in [-0.1, -0.05) is 12.1 Å². The van der Waals surface area contributed by atoms with Crippen molar-refractivity contribution in [3.63, 3.8) is 0 Å². The molecule has 1 aliphatic heterocycles. The van der Waals surface area contributed by atoms with Crippen LogP contribution in [0, 0.1) is 5.82 Å². The molecule has 0 radical (unpaired) electrons. The molecule has 118 valence electrons. The lowest BCUT2D eigenvalue weighted by Gasteiger charge is -2.28. The van der Waals surface area contributed by atoms with Gasteiger partial charge in [-0.3, -0.25) is 9.58 Å². The second-order valence-corrected chi connectivity index (χ2v) is 5.86. The third-order valence-electron chi connectivity index (χ3n) is 4.23. The molecule has 0 spiro atoms. The van der Waals surface area contributed by atoms with Crippen LogP contribution in [0.25, 0.3) is 0 Å². The van der Waals surface area contributed by atoms with Crippen molar-refractivity contribution in [1.29, 1.82) is 0 Å². The van der Waals surface area contributed by atoms with E-state index in [1.165, 1.54) is 17.8 Å². The molecule has 0 saturated heterocycles. The largest absolute Gasteiger partial charge is 0.328 e. The molecule has 0 saturated carbocycles. The highest BCUT2D eigenvalue weighted by Crippen LogP contribution is 2.17. The van der Waals surface area contributed by atoms with Crippen LogP contribution in [-0.4, -0.2) is 30.8 Å². The summed E-state index contributed by atoms with van der Waals surface area (Å²) in [7, 11) is 0. The Bertz CT molecular complexity index is 776. The minimum Gasteiger partial charge on any atom is -0.328 e. The molecule has 23 heavy (non-hydrogen) atoms. The molecule has 0 unspecified atom stereocenters. The van der Waals surface area contributed by atoms with Gasteiger partial charge in [-0.05, 0) is 23.8 Å². The van der Waals surface area contributed by atoms with Crippen molar-refractivity contribution in [3.8, 4) is 0 Å². The minimum absolute atomic E-state index is 0.189. The van der Waals surface area contributed by atoms with Crippen LogP contribution in [0.1, 0.15) is 17.1 Å². The summed E-state index contributed by atoms with van der Waals surface area (Å²) in [6.45, 7) is 4.27. The van der Waals surface area contributed by atoms with Crippen LogP contribution >= 0.6 is 0 Å². The average Bonchev–Trinajstić information content (AvgIpc) is 3.20. The number of halogens is 1. The van der Waals surface area contributed by atoms with Gasteiger partial charge in [0.15, 0.2) is 0 Å². The maximum atomic E-state index is 13.0. The molecule has 0 amide bonds. The summed E-state index contributed by atoms with van der Waals surface area (Å²) in [5.41, 5.74) is 2.31. The normalized spacial score (nSPS) is 14.8. The zero-order valence-corrected chi connectivity index (χ0v) is 12.8. The first-order valence-corrected chi connectivity index (χ1v) is 7.75. The highest BCUT2D eigenvalue weighted by atomic mass is 19.1. The molecule has 6 heteroatoms. The van der Waals surface area contributed by atoms with Crippen LogP contribution < -0.4 is 0 Å². The monoisotopic (exact) mass is 311 g/mol. The van der Waals surface area contributed by atoms with E-state index in [4.69, 9.17) is 0 Å². The van der Waals surface area contributed by atoms with Gasteiger partial charge in [0.2, 0.25) is 0 Å². The quantitative estimate of drug-likeness (QED) is 0.742. The van der Waals surface area contributed by atoms with Crippen molar-refractivity contribution in [2.75, 3.05) is 6.54 Å². The second-order valence-electron chi connectivity index (χ2n) is 5.86. The summed E-state index contributed by atoms with van der Waals surface area (Å²) < 4.78 is 17.2. The van der Waals surface area contributed by atoms with Crippen molar-refractivity contribution in [3.05, 3.63) is 71.8 Å². The summed E-state index contributed by atoms with van der Waals surface area (Å²) in [4.78, 5) is 6.90. The molecule has 0 bridgehead atoms. The highest BCUT2D eigenvalue weighted by molar-refractivity contribution is 5.16. The lowest BCUT2D eigenvalue weighted by Crippen LogP contribution is -2.34. The first-order chi connectivity index (χ1) is 11.3. The van der Waals surface area contributed by atoms with E-state index in [2.05, 4.69) is 19.5 Å². The molecule has 4 rings (SSSR count). The Morgan fingerprint density at radius 2 is 1.96 bits per heavy atom.